The van der Waals surface area contributed by atoms with Crippen LogP contribution in [0.4, 0.5) is 17.1 Å². The number of carbonyl (C=O) groups excluding carboxylic acids is 2. The molecule has 0 fully saturated rings. The van der Waals surface area contributed by atoms with E-state index in [1.54, 1.807) is 6.07 Å². The molecule has 0 aliphatic carbocycles. The number of fused-ring (bicyclic) bond motifs is 1. The predicted molar refractivity (Wildman–Crippen MR) is 138 cm³/mol. The van der Waals surface area contributed by atoms with Crippen LogP contribution in [-0.4, -0.2) is 42.9 Å². The highest BCUT2D eigenvalue weighted by Gasteiger charge is 2.32. The second-order valence-electron chi connectivity index (χ2n) is 8.05. The number of nitrogen functional groups attached to an aromatic ring is 2. The Labute approximate surface area is 216 Å². The summed E-state index contributed by atoms with van der Waals surface area (Å²) >= 11 is 0. The molecule has 4 aromatic rings. The number of phenols is 1. The molecule has 0 spiro atoms. The summed E-state index contributed by atoms with van der Waals surface area (Å²) in [5, 5.41) is 10.1. The number of rotatable bonds is 5. The number of nitrogens with two attached hydrogens (primary N) is 2. The number of benzene rings is 4. The largest absolute Gasteiger partial charge is 0.507 e. The van der Waals surface area contributed by atoms with Gasteiger partial charge in [0, 0.05) is 17.0 Å². The number of anilines is 3. The first kappa shape index (κ1) is 26.6. The molecule has 14 heteroatoms. The summed E-state index contributed by atoms with van der Waals surface area (Å²) in [5.41, 5.74) is 10.8. The van der Waals surface area contributed by atoms with Crippen molar-refractivity contribution in [2.45, 2.75) is 9.79 Å². The Balaban J connectivity index is 2.14. The number of amides is 2. The monoisotopic (exact) mass is 557 g/mol. The molecule has 12 nitrogen and oxygen atoms in total. The van der Waals surface area contributed by atoms with E-state index >= 15 is 0 Å². The fourth-order valence-corrected chi connectivity index (χ4v) is 4.87. The van der Waals surface area contributed by atoms with E-state index in [9.17, 15) is 40.6 Å². The lowest BCUT2D eigenvalue weighted by atomic mass is 10.0. The number of phenolic OH excluding ortho intramolecular Hbond substituents is 1. The maximum atomic E-state index is 13.8. The van der Waals surface area contributed by atoms with Gasteiger partial charge in [-0.25, -0.2) is 4.90 Å². The molecule has 196 valence electrons. The number of aromatic hydroxyl groups is 1. The van der Waals surface area contributed by atoms with Gasteiger partial charge >= 0.3 is 0 Å². The molecule has 0 radical (unpaired) electrons. The van der Waals surface area contributed by atoms with Crippen molar-refractivity contribution >= 4 is 59.9 Å². The topological polar surface area (TPSA) is 218 Å². The van der Waals surface area contributed by atoms with Gasteiger partial charge in [0.1, 0.15) is 5.75 Å². The Kier molecular flexibility index (Phi) is 6.59. The lowest BCUT2D eigenvalue weighted by molar-refractivity contribution is 0.0898. The van der Waals surface area contributed by atoms with E-state index in [0.29, 0.717) is 11.0 Å². The van der Waals surface area contributed by atoms with Crippen molar-refractivity contribution in [3.05, 3.63) is 83.9 Å². The van der Waals surface area contributed by atoms with Crippen LogP contribution < -0.4 is 16.4 Å². The van der Waals surface area contributed by atoms with Crippen molar-refractivity contribution in [3.8, 4) is 5.75 Å². The fraction of sp³-hybridized carbons (Fsp3) is 0. The third-order valence-corrected chi connectivity index (χ3v) is 7.25. The van der Waals surface area contributed by atoms with Crippen molar-refractivity contribution in [3.63, 3.8) is 0 Å². The molecular formula is C24H19N3O9S2. The Hall–Kier alpha value is -4.50. The molecule has 0 aliphatic rings. The highest BCUT2D eigenvalue weighted by Crippen LogP contribution is 2.40. The van der Waals surface area contributed by atoms with Crippen LogP contribution in [0.15, 0.2) is 82.6 Å². The lowest BCUT2D eigenvalue weighted by Crippen LogP contribution is -2.38. The first-order valence-electron chi connectivity index (χ1n) is 10.5. The first-order chi connectivity index (χ1) is 17.7. The van der Waals surface area contributed by atoms with Gasteiger partial charge in [-0.1, -0.05) is 24.3 Å². The van der Waals surface area contributed by atoms with E-state index in [1.165, 1.54) is 42.5 Å². The fourth-order valence-electron chi connectivity index (χ4n) is 3.80. The third kappa shape index (κ3) is 4.88. The predicted octanol–water partition coefficient (Wildman–Crippen LogP) is 2.69. The quantitative estimate of drug-likeness (QED) is 0.136. The molecule has 0 unspecified atom stereocenters. The molecule has 0 aromatic heterocycles. The number of hydrogen-bond acceptors (Lipinski definition) is 9. The molecule has 38 heavy (non-hydrogen) atoms. The standard InChI is InChI=1S/C24H19N3O9S2/c25-18-8-4-7-17(22(18)26)24(30)27(23(29)13-5-2-1-3-6-13)19-11-15(37(31,32)33)9-14-10-16(38(34,35)36)12-20(28)21(14)19/h1-12,28H,25-26H2,(H,31,32,33)(H,34,35,36). The number of para-hydroxylation sites is 1. The minimum Gasteiger partial charge on any atom is -0.507 e. The first-order valence-corrected chi connectivity index (χ1v) is 13.4. The molecule has 0 saturated carbocycles. The molecule has 0 heterocycles. The summed E-state index contributed by atoms with van der Waals surface area (Å²) in [4.78, 5) is 26.4. The molecule has 0 aliphatic heterocycles. The van der Waals surface area contributed by atoms with E-state index in [0.717, 1.165) is 18.2 Å². The smallest absolute Gasteiger partial charge is 0.294 e. The third-order valence-electron chi connectivity index (χ3n) is 5.59. The van der Waals surface area contributed by atoms with Crippen LogP contribution in [0.1, 0.15) is 20.7 Å². The zero-order valence-corrected chi connectivity index (χ0v) is 20.8. The van der Waals surface area contributed by atoms with Crippen LogP contribution in [-0.2, 0) is 20.2 Å². The van der Waals surface area contributed by atoms with Crippen molar-refractivity contribution in [1.82, 2.24) is 0 Å². The van der Waals surface area contributed by atoms with Crippen molar-refractivity contribution < 1.29 is 40.6 Å². The summed E-state index contributed by atoms with van der Waals surface area (Å²) in [6, 6.07) is 14.4. The van der Waals surface area contributed by atoms with E-state index in [2.05, 4.69) is 0 Å². The highest BCUT2D eigenvalue weighted by molar-refractivity contribution is 7.86. The van der Waals surface area contributed by atoms with E-state index < -0.39 is 53.3 Å². The maximum absolute atomic E-state index is 13.8. The minimum absolute atomic E-state index is 0.0140. The summed E-state index contributed by atoms with van der Waals surface area (Å²) in [5.74, 6) is -2.88. The normalized spacial score (nSPS) is 11.8. The van der Waals surface area contributed by atoms with E-state index in [-0.39, 0.29) is 33.3 Å². The van der Waals surface area contributed by atoms with Gasteiger partial charge in [-0.2, -0.15) is 16.8 Å². The zero-order valence-electron chi connectivity index (χ0n) is 19.1. The molecule has 0 saturated heterocycles. The van der Waals surface area contributed by atoms with Gasteiger partial charge < -0.3 is 16.6 Å². The highest BCUT2D eigenvalue weighted by atomic mass is 32.2. The average molecular weight is 558 g/mol. The molecular weight excluding hydrogens is 538 g/mol. The van der Waals surface area contributed by atoms with Crippen molar-refractivity contribution in [2.24, 2.45) is 0 Å². The number of imide groups is 1. The van der Waals surface area contributed by atoms with Gasteiger partial charge in [-0.15, -0.1) is 0 Å². The summed E-state index contributed by atoms with van der Waals surface area (Å²) in [6.07, 6.45) is 0. The van der Waals surface area contributed by atoms with Crippen LogP contribution >= 0.6 is 0 Å². The van der Waals surface area contributed by atoms with E-state index in [4.69, 9.17) is 11.5 Å². The Morgan fingerprint density at radius 2 is 1.32 bits per heavy atom. The molecule has 4 aromatic carbocycles. The van der Waals surface area contributed by atoms with Gasteiger partial charge in [0.25, 0.3) is 32.1 Å². The molecule has 2 amide bonds. The Morgan fingerprint density at radius 1 is 0.737 bits per heavy atom. The second kappa shape index (κ2) is 9.42. The van der Waals surface area contributed by atoms with Gasteiger partial charge in [-0.05, 0) is 47.9 Å². The van der Waals surface area contributed by atoms with Gasteiger partial charge in [0.05, 0.1) is 32.4 Å². The number of carbonyl (C=O) groups is 2. The summed E-state index contributed by atoms with van der Waals surface area (Å²) in [7, 11) is -9.87. The SMILES string of the molecule is Nc1cccc(C(=O)N(C(=O)c2ccccc2)c2cc(S(=O)(=O)O)cc3cc(S(=O)(=O)O)cc(O)c23)c1N. The zero-order chi connectivity index (χ0) is 28.0. The second-order valence-corrected chi connectivity index (χ2v) is 10.9. The maximum Gasteiger partial charge on any atom is 0.294 e. The average Bonchev–Trinajstić information content (AvgIpc) is 2.84. The van der Waals surface area contributed by atoms with Crippen LogP contribution in [0.3, 0.4) is 0 Å². The van der Waals surface area contributed by atoms with Crippen LogP contribution in [0, 0.1) is 0 Å². The van der Waals surface area contributed by atoms with Crippen molar-refractivity contribution in [1.29, 1.82) is 0 Å². The van der Waals surface area contributed by atoms with Crippen LogP contribution in [0.25, 0.3) is 10.8 Å². The molecule has 7 N–H and O–H groups in total. The number of nitrogens with zero attached hydrogens (tertiary/aromatic N) is 1. The molecule has 0 bridgehead atoms. The van der Waals surface area contributed by atoms with Crippen LogP contribution in [0.2, 0.25) is 0 Å². The Bertz CT molecular complexity index is 1830. The number of hydrogen-bond donors (Lipinski definition) is 5. The van der Waals surface area contributed by atoms with Crippen LogP contribution in [0.5, 0.6) is 5.75 Å². The summed E-state index contributed by atoms with van der Waals surface area (Å²) < 4.78 is 66.9. The lowest BCUT2D eigenvalue weighted by Gasteiger charge is -2.25. The van der Waals surface area contributed by atoms with Crippen molar-refractivity contribution in [2.75, 3.05) is 16.4 Å². The van der Waals surface area contributed by atoms with Gasteiger partial charge in [0.15, 0.2) is 0 Å². The molecule has 0 atom stereocenters. The molecule has 4 rings (SSSR count). The summed E-state index contributed by atoms with van der Waals surface area (Å²) in [6.45, 7) is 0. The van der Waals surface area contributed by atoms with E-state index in [1.807, 2.05) is 0 Å². The Morgan fingerprint density at radius 3 is 1.89 bits per heavy atom. The van der Waals surface area contributed by atoms with Gasteiger partial charge in [0.2, 0.25) is 0 Å². The minimum atomic E-state index is -4.99. The van der Waals surface area contributed by atoms with Gasteiger partial charge in [-0.3, -0.25) is 18.7 Å².